The lowest BCUT2D eigenvalue weighted by molar-refractivity contribution is -0.156. The smallest absolute Gasteiger partial charge is 0.394 e. The van der Waals surface area contributed by atoms with Crippen LogP contribution in [0.25, 0.3) is 0 Å². The van der Waals surface area contributed by atoms with Gasteiger partial charge in [0.05, 0.1) is 18.7 Å². The number of amides is 2. The Hall–Kier alpha value is -2.09. The fourth-order valence-electron chi connectivity index (χ4n) is 4.24. The molecule has 3 aliphatic rings. The highest BCUT2D eigenvalue weighted by Crippen LogP contribution is 2.50. The third-order valence-corrected chi connectivity index (χ3v) is 5.52. The average molecular weight is 368 g/mol. The summed E-state index contributed by atoms with van der Waals surface area (Å²) in [5.41, 5.74) is 1.16. The van der Waals surface area contributed by atoms with Crippen LogP contribution in [0.5, 0.6) is 0 Å². The van der Waals surface area contributed by atoms with Crippen molar-refractivity contribution in [2.24, 2.45) is 5.92 Å². The van der Waals surface area contributed by atoms with E-state index in [1.807, 2.05) is 0 Å². The summed E-state index contributed by atoms with van der Waals surface area (Å²) >= 11 is 0. The molecule has 2 aliphatic heterocycles. The maximum atomic E-state index is 12.7. The first-order chi connectivity index (χ1) is 12.3. The van der Waals surface area contributed by atoms with Gasteiger partial charge in [-0.25, -0.2) is 0 Å². The number of aliphatic hydroxyl groups is 1. The van der Waals surface area contributed by atoms with Gasteiger partial charge in [-0.15, -0.1) is 0 Å². The van der Waals surface area contributed by atoms with Crippen molar-refractivity contribution in [1.29, 1.82) is 0 Å². The molecule has 3 atom stereocenters. The van der Waals surface area contributed by atoms with Crippen LogP contribution in [0, 0.1) is 5.92 Å². The average Bonchev–Trinajstić information content (AvgIpc) is 3.38. The summed E-state index contributed by atoms with van der Waals surface area (Å²) in [6, 6.07) is 6.06. The predicted molar refractivity (Wildman–Crippen MR) is 86.4 cm³/mol. The normalized spacial score (nSPS) is 27.5. The largest absolute Gasteiger partial charge is 0.397 e. The molecule has 26 heavy (non-hydrogen) atoms. The lowest BCUT2D eigenvalue weighted by Gasteiger charge is -2.59. The van der Waals surface area contributed by atoms with Crippen molar-refractivity contribution in [3.05, 3.63) is 29.8 Å². The van der Waals surface area contributed by atoms with E-state index in [-0.39, 0.29) is 43.0 Å². The van der Waals surface area contributed by atoms with Crippen LogP contribution in [-0.2, 0) is 9.59 Å². The number of rotatable bonds is 3. The Morgan fingerprint density at radius 3 is 2.50 bits per heavy atom. The molecule has 1 saturated heterocycles. The van der Waals surface area contributed by atoms with Crippen LogP contribution in [0.4, 0.5) is 18.9 Å². The van der Waals surface area contributed by atoms with Crippen molar-refractivity contribution in [2.45, 2.75) is 43.4 Å². The molecule has 0 spiro atoms. The number of carbonyl (C=O) groups excluding carboxylic acids is 2. The summed E-state index contributed by atoms with van der Waals surface area (Å²) in [4.78, 5) is 27.6. The van der Waals surface area contributed by atoms with Gasteiger partial charge in [0.15, 0.2) is 0 Å². The minimum atomic E-state index is -4.58. The predicted octanol–water partition coefficient (Wildman–Crippen LogP) is 2.05. The number of nitrogens with zero attached hydrogens (tertiary/aromatic N) is 2. The fourth-order valence-corrected chi connectivity index (χ4v) is 4.24. The van der Waals surface area contributed by atoms with Crippen molar-refractivity contribution in [3.8, 4) is 0 Å². The van der Waals surface area contributed by atoms with Crippen molar-refractivity contribution in [3.63, 3.8) is 0 Å². The minimum Gasteiger partial charge on any atom is -0.394 e. The lowest BCUT2D eigenvalue weighted by atomic mass is 9.71. The number of aliphatic hydroxyl groups excluding tert-OH is 1. The summed E-state index contributed by atoms with van der Waals surface area (Å²) in [6.45, 7) is -0.171. The second kappa shape index (κ2) is 5.97. The highest BCUT2D eigenvalue weighted by Gasteiger charge is 2.57. The van der Waals surface area contributed by atoms with Crippen molar-refractivity contribution in [2.75, 3.05) is 18.1 Å². The number of hydrogen-bond acceptors (Lipinski definition) is 3. The SMILES string of the molecule is O=C(CC(F)(F)F)N1C[C@H]2[C@@H](c3ccccc31)[C@H](CO)N2C(=O)C1CC1. The summed E-state index contributed by atoms with van der Waals surface area (Å²) in [6.07, 6.45) is -4.51. The van der Waals surface area contributed by atoms with Gasteiger partial charge in [-0.05, 0) is 24.5 Å². The van der Waals surface area contributed by atoms with Crippen molar-refractivity contribution < 1.29 is 27.9 Å². The van der Waals surface area contributed by atoms with Gasteiger partial charge in [0, 0.05) is 24.1 Å². The van der Waals surface area contributed by atoms with Crippen LogP contribution in [-0.4, -0.2) is 53.2 Å². The molecule has 1 aromatic rings. The molecule has 140 valence electrons. The maximum Gasteiger partial charge on any atom is 0.397 e. The molecule has 0 aromatic heterocycles. The first kappa shape index (κ1) is 17.3. The Labute approximate surface area is 148 Å². The van der Waals surface area contributed by atoms with E-state index in [4.69, 9.17) is 0 Å². The van der Waals surface area contributed by atoms with Gasteiger partial charge < -0.3 is 14.9 Å². The summed E-state index contributed by atoms with van der Waals surface area (Å²) in [7, 11) is 0. The second-order valence-electron chi connectivity index (χ2n) is 7.22. The van der Waals surface area contributed by atoms with Gasteiger partial charge >= 0.3 is 6.18 Å². The number of para-hydroxylation sites is 1. The van der Waals surface area contributed by atoms with E-state index in [9.17, 15) is 27.9 Å². The summed E-state index contributed by atoms with van der Waals surface area (Å²) in [5, 5.41) is 9.78. The fraction of sp³-hybridized carbons (Fsp3) is 0.556. The summed E-state index contributed by atoms with van der Waals surface area (Å²) < 4.78 is 38.1. The Morgan fingerprint density at radius 1 is 1.19 bits per heavy atom. The Bertz CT molecular complexity index is 747. The zero-order valence-corrected chi connectivity index (χ0v) is 13.9. The topological polar surface area (TPSA) is 60.9 Å². The second-order valence-corrected chi connectivity index (χ2v) is 7.22. The van der Waals surface area contributed by atoms with Crippen molar-refractivity contribution in [1.82, 2.24) is 4.90 Å². The highest BCUT2D eigenvalue weighted by atomic mass is 19.4. The van der Waals surface area contributed by atoms with E-state index in [1.165, 1.54) is 0 Å². The zero-order valence-electron chi connectivity index (χ0n) is 13.9. The molecular formula is C18H19F3N2O3. The van der Waals surface area contributed by atoms with Gasteiger partial charge in [-0.3, -0.25) is 9.59 Å². The van der Waals surface area contributed by atoms with Gasteiger partial charge in [-0.1, -0.05) is 18.2 Å². The van der Waals surface area contributed by atoms with E-state index in [0.29, 0.717) is 5.69 Å². The van der Waals surface area contributed by atoms with E-state index < -0.39 is 18.5 Å². The van der Waals surface area contributed by atoms with Crippen LogP contribution in [0.2, 0.25) is 0 Å². The first-order valence-corrected chi connectivity index (χ1v) is 8.71. The molecular weight excluding hydrogens is 349 g/mol. The van der Waals surface area contributed by atoms with E-state index in [1.54, 1.807) is 29.2 Å². The van der Waals surface area contributed by atoms with Crippen LogP contribution >= 0.6 is 0 Å². The molecule has 2 heterocycles. The van der Waals surface area contributed by atoms with Gasteiger partial charge in [0.25, 0.3) is 0 Å². The quantitative estimate of drug-likeness (QED) is 0.888. The number of carbonyl (C=O) groups is 2. The zero-order chi connectivity index (χ0) is 18.6. The van der Waals surface area contributed by atoms with E-state index in [2.05, 4.69) is 0 Å². The number of halogens is 3. The number of fused-ring (bicyclic) bond motifs is 3. The van der Waals surface area contributed by atoms with Crippen LogP contribution in [0.3, 0.4) is 0 Å². The third-order valence-electron chi connectivity index (χ3n) is 5.52. The molecule has 0 unspecified atom stereocenters. The molecule has 4 rings (SSSR count). The van der Waals surface area contributed by atoms with E-state index in [0.717, 1.165) is 23.3 Å². The summed E-state index contributed by atoms with van der Waals surface area (Å²) in [5.74, 6) is -1.29. The molecule has 1 aliphatic carbocycles. The number of benzene rings is 1. The van der Waals surface area contributed by atoms with Gasteiger partial charge in [0.2, 0.25) is 11.8 Å². The lowest BCUT2D eigenvalue weighted by Crippen LogP contribution is -2.71. The Balaban J connectivity index is 1.67. The standard InChI is InChI=1S/C18H19F3N2O3/c19-18(20,21)7-15(25)22-8-13-16(11-3-1-2-4-12(11)22)14(9-24)23(13)17(26)10-5-6-10/h1-4,10,13-14,16,24H,5-9H2/t13-,14-,16+/m0/s1. The molecule has 0 radical (unpaired) electrons. The van der Waals surface area contributed by atoms with Crippen LogP contribution in [0.1, 0.15) is 30.7 Å². The van der Waals surface area contributed by atoms with Crippen LogP contribution in [0.15, 0.2) is 24.3 Å². The number of hydrogen-bond donors (Lipinski definition) is 1. The minimum absolute atomic E-state index is 0.0333. The highest BCUT2D eigenvalue weighted by molar-refractivity contribution is 5.96. The number of likely N-dealkylation sites (tertiary alicyclic amines) is 1. The van der Waals surface area contributed by atoms with Crippen LogP contribution < -0.4 is 4.90 Å². The number of alkyl halides is 3. The Kier molecular flexibility index (Phi) is 3.98. The third kappa shape index (κ3) is 2.76. The maximum absolute atomic E-state index is 12.7. The molecule has 1 saturated carbocycles. The number of anilines is 1. The molecule has 8 heteroatoms. The molecule has 5 nitrogen and oxygen atoms in total. The molecule has 2 fully saturated rings. The first-order valence-electron chi connectivity index (χ1n) is 8.71. The van der Waals surface area contributed by atoms with Gasteiger partial charge in [-0.2, -0.15) is 13.2 Å². The monoisotopic (exact) mass is 368 g/mol. The molecule has 1 N–H and O–H groups in total. The van der Waals surface area contributed by atoms with Gasteiger partial charge in [0.1, 0.15) is 6.42 Å². The molecule has 0 bridgehead atoms. The van der Waals surface area contributed by atoms with Crippen molar-refractivity contribution >= 4 is 17.5 Å². The Morgan fingerprint density at radius 2 is 1.88 bits per heavy atom. The molecule has 2 amide bonds. The van der Waals surface area contributed by atoms with E-state index >= 15 is 0 Å². The molecule has 1 aromatic carbocycles.